The van der Waals surface area contributed by atoms with Crippen molar-refractivity contribution >= 4 is 17.6 Å². The quantitative estimate of drug-likeness (QED) is 0.869. The van der Waals surface area contributed by atoms with Crippen LogP contribution in [0.15, 0.2) is 24.3 Å². The molecule has 1 aliphatic carbocycles. The lowest BCUT2D eigenvalue weighted by Gasteiger charge is -2.35. The second-order valence-corrected chi connectivity index (χ2v) is 6.80. The van der Waals surface area contributed by atoms with Crippen LogP contribution in [0.25, 0.3) is 0 Å². The number of halogens is 1. The molecule has 1 saturated carbocycles. The van der Waals surface area contributed by atoms with Gasteiger partial charge in [0, 0.05) is 17.6 Å². The van der Waals surface area contributed by atoms with Crippen LogP contribution in [0.5, 0.6) is 0 Å². The molecule has 1 saturated heterocycles. The molecule has 0 bridgehead atoms. The first-order valence-corrected chi connectivity index (χ1v) is 8.22. The molecule has 22 heavy (non-hydrogen) atoms. The number of carbonyl (C=O) groups is 1. The van der Waals surface area contributed by atoms with Gasteiger partial charge >= 0.3 is 5.97 Å². The number of aliphatic hydroxyl groups is 1. The van der Waals surface area contributed by atoms with Gasteiger partial charge in [0.2, 0.25) is 0 Å². The van der Waals surface area contributed by atoms with E-state index in [0.717, 1.165) is 31.2 Å². The molecule has 2 fully saturated rings. The van der Waals surface area contributed by atoms with Gasteiger partial charge in [-0.2, -0.15) is 0 Å². The van der Waals surface area contributed by atoms with E-state index in [0.29, 0.717) is 17.5 Å². The number of ether oxygens (including phenoxy) is 1. The first-order valence-electron chi connectivity index (χ1n) is 7.84. The van der Waals surface area contributed by atoms with Crippen molar-refractivity contribution in [2.45, 2.75) is 50.4 Å². The fraction of sp³-hybridized carbons (Fsp3) is 0.588. The highest BCUT2D eigenvalue weighted by Crippen LogP contribution is 2.41. The van der Waals surface area contributed by atoms with Crippen LogP contribution in [0.3, 0.4) is 0 Å². The highest BCUT2D eigenvalue weighted by Gasteiger charge is 2.47. The van der Waals surface area contributed by atoms with Crippen LogP contribution in [0.1, 0.15) is 31.2 Å². The molecule has 0 aromatic heterocycles. The first kappa shape index (κ1) is 15.8. The number of esters is 1. The molecular formula is C17H22ClNO3. The zero-order valence-electron chi connectivity index (χ0n) is 12.7. The Morgan fingerprint density at radius 3 is 2.73 bits per heavy atom. The number of nitrogens with zero attached hydrogens (tertiary/aromatic N) is 1. The number of hydrogen-bond donors (Lipinski definition) is 1. The summed E-state index contributed by atoms with van der Waals surface area (Å²) in [5.74, 6) is 0.303. The third kappa shape index (κ3) is 3.14. The summed E-state index contributed by atoms with van der Waals surface area (Å²) < 4.78 is 4.99. The van der Waals surface area contributed by atoms with E-state index in [1.54, 1.807) is 0 Å². The minimum atomic E-state index is -0.259. The maximum Gasteiger partial charge on any atom is 0.323 e. The monoisotopic (exact) mass is 323 g/mol. The molecule has 0 unspecified atom stereocenters. The molecule has 4 nitrogen and oxygen atoms in total. The van der Waals surface area contributed by atoms with Gasteiger partial charge in [0.1, 0.15) is 6.04 Å². The summed E-state index contributed by atoms with van der Waals surface area (Å²) in [4.78, 5) is 14.4. The summed E-state index contributed by atoms with van der Waals surface area (Å²) in [6, 6.07) is 7.76. The molecular weight excluding hydrogens is 302 g/mol. The average Bonchev–Trinajstić information content (AvgIpc) is 2.87. The van der Waals surface area contributed by atoms with Crippen LogP contribution >= 0.6 is 11.6 Å². The Bertz CT molecular complexity index is 533. The molecule has 5 heteroatoms. The molecule has 0 spiro atoms. The van der Waals surface area contributed by atoms with Gasteiger partial charge in [-0.3, -0.25) is 9.69 Å². The van der Waals surface area contributed by atoms with Crippen LogP contribution < -0.4 is 0 Å². The molecule has 1 aromatic rings. The van der Waals surface area contributed by atoms with Crippen molar-refractivity contribution in [2.75, 3.05) is 7.11 Å². The van der Waals surface area contributed by atoms with Crippen molar-refractivity contribution in [3.05, 3.63) is 34.9 Å². The number of rotatable bonds is 3. The smallest absolute Gasteiger partial charge is 0.323 e. The Hall–Kier alpha value is -1.10. The standard InChI is InChI=1S/C17H22ClNO3/c1-22-17(21)16-8-12-4-7-14(20)9-15(12)19(16)10-11-2-5-13(18)6-3-11/h2-3,5-6,12,14-16,20H,4,7-10H2,1H3/t12-,14+,15-,16+/m0/s1. The maximum atomic E-state index is 12.1. The zero-order chi connectivity index (χ0) is 15.7. The average molecular weight is 324 g/mol. The predicted octanol–water partition coefficient (Wildman–Crippen LogP) is 2.62. The Morgan fingerprint density at radius 2 is 2.05 bits per heavy atom. The van der Waals surface area contributed by atoms with Crippen molar-refractivity contribution in [2.24, 2.45) is 5.92 Å². The summed E-state index contributed by atoms with van der Waals surface area (Å²) >= 11 is 5.94. The molecule has 1 N–H and O–H groups in total. The van der Waals surface area contributed by atoms with Crippen LogP contribution in [0.4, 0.5) is 0 Å². The first-order chi connectivity index (χ1) is 10.6. The van der Waals surface area contributed by atoms with Crippen molar-refractivity contribution in [1.82, 2.24) is 4.90 Å². The number of aliphatic hydroxyl groups excluding tert-OH is 1. The van der Waals surface area contributed by atoms with Gasteiger partial charge in [0.05, 0.1) is 13.2 Å². The van der Waals surface area contributed by atoms with Gasteiger partial charge in [0.25, 0.3) is 0 Å². The van der Waals surface area contributed by atoms with E-state index in [9.17, 15) is 9.90 Å². The number of methoxy groups -OCH3 is 1. The lowest BCUT2D eigenvalue weighted by Crippen LogP contribution is -2.44. The number of carbonyl (C=O) groups excluding carboxylic acids is 1. The third-order valence-electron chi connectivity index (χ3n) is 5.03. The van der Waals surface area contributed by atoms with Gasteiger partial charge < -0.3 is 9.84 Å². The summed E-state index contributed by atoms with van der Waals surface area (Å²) in [7, 11) is 1.44. The summed E-state index contributed by atoms with van der Waals surface area (Å²) in [5.41, 5.74) is 1.12. The number of likely N-dealkylation sites (tertiary alicyclic amines) is 1. The Morgan fingerprint density at radius 1 is 1.32 bits per heavy atom. The second-order valence-electron chi connectivity index (χ2n) is 6.37. The van der Waals surface area contributed by atoms with E-state index < -0.39 is 0 Å². The van der Waals surface area contributed by atoms with Gasteiger partial charge in [0.15, 0.2) is 0 Å². The van der Waals surface area contributed by atoms with Gasteiger partial charge in [-0.15, -0.1) is 0 Å². The maximum absolute atomic E-state index is 12.1. The van der Waals surface area contributed by atoms with Gasteiger partial charge in [-0.25, -0.2) is 0 Å². The summed E-state index contributed by atoms with van der Waals surface area (Å²) in [6.45, 7) is 0.685. The number of fused-ring (bicyclic) bond motifs is 1. The summed E-state index contributed by atoms with van der Waals surface area (Å²) in [5, 5.41) is 10.7. The molecule has 1 heterocycles. The molecule has 3 rings (SSSR count). The second kappa shape index (κ2) is 6.57. The topological polar surface area (TPSA) is 49.8 Å². The number of hydrogen-bond acceptors (Lipinski definition) is 4. The minimum absolute atomic E-state index is 0.169. The van der Waals surface area contributed by atoms with E-state index in [2.05, 4.69) is 4.90 Å². The minimum Gasteiger partial charge on any atom is -0.468 e. The van der Waals surface area contributed by atoms with E-state index >= 15 is 0 Å². The van der Waals surface area contributed by atoms with Crippen LogP contribution in [0.2, 0.25) is 5.02 Å². The van der Waals surface area contributed by atoms with Crippen LogP contribution in [-0.4, -0.2) is 41.3 Å². The molecule has 4 atom stereocenters. The predicted molar refractivity (Wildman–Crippen MR) is 84.6 cm³/mol. The largest absolute Gasteiger partial charge is 0.468 e. The Balaban J connectivity index is 1.82. The normalized spacial score (nSPS) is 31.8. The molecule has 2 aliphatic rings. The van der Waals surface area contributed by atoms with Crippen molar-refractivity contribution in [1.29, 1.82) is 0 Å². The SMILES string of the molecule is COC(=O)[C@H]1C[C@@H]2CC[C@@H](O)C[C@@H]2N1Cc1ccc(Cl)cc1. The Kier molecular flexibility index (Phi) is 4.71. The molecule has 0 radical (unpaired) electrons. The van der Waals surface area contributed by atoms with Crippen molar-refractivity contribution < 1.29 is 14.6 Å². The Labute approximate surface area is 136 Å². The van der Waals surface area contributed by atoms with Crippen molar-refractivity contribution in [3.8, 4) is 0 Å². The van der Waals surface area contributed by atoms with E-state index in [1.165, 1.54) is 7.11 Å². The molecule has 0 amide bonds. The van der Waals surface area contributed by atoms with E-state index in [-0.39, 0.29) is 24.2 Å². The molecule has 1 aromatic carbocycles. The lowest BCUT2D eigenvalue weighted by molar-refractivity contribution is -0.146. The van der Waals surface area contributed by atoms with Gasteiger partial charge in [-0.05, 0) is 49.3 Å². The highest BCUT2D eigenvalue weighted by molar-refractivity contribution is 6.30. The van der Waals surface area contributed by atoms with Gasteiger partial charge in [-0.1, -0.05) is 23.7 Å². The van der Waals surface area contributed by atoms with Crippen LogP contribution in [0, 0.1) is 5.92 Å². The van der Waals surface area contributed by atoms with E-state index in [1.807, 2.05) is 24.3 Å². The lowest BCUT2D eigenvalue weighted by atomic mass is 9.83. The fourth-order valence-electron chi connectivity index (χ4n) is 3.92. The highest BCUT2D eigenvalue weighted by atomic mass is 35.5. The van der Waals surface area contributed by atoms with Crippen LogP contribution in [-0.2, 0) is 16.1 Å². The zero-order valence-corrected chi connectivity index (χ0v) is 13.5. The van der Waals surface area contributed by atoms with Crippen molar-refractivity contribution in [3.63, 3.8) is 0 Å². The molecule has 120 valence electrons. The molecule has 1 aliphatic heterocycles. The fourth-order valence-corrected chi connectivity index (χ4v) is 4.04. The van der Waals surface area contributed by atoms with E-state index in [4.69, 9.17) is 16.3 Å². The third-order valence-corrected chi connectivity index (χ3v) is 5.28. The number of benzene rings is 1. The summed E-state index contributed by atoms with van der Waals surface area (Å²) in [6.07, 6.45) is 3.13.